The summed E-state index contributed by atoms with van der Waals surface area (Å²) in [6, 6.07) is 15.2. The number of para-hydroxylation sites is 1. The van der Waals surface area contributed by atoms with Crippen molar-refractivity contribution in [2.45, 2.75) is 31.6 Å². The molecule has 4 heteroatoms. The molecule has 0 amide bonds. The van der Waals surface area contributed by atoms with Gasteiger partial charge in [0.25, 0.3) is 5.69 Å². The summed E-state index contributed by atoms with van der Waals surface area (Å²) in [5.74, 6) is 0. The van der Waals surface area contributed by atoms with Gasteiger partial charge in [-0.25, -0.2) is 0 Å². The highest BCUT2D eigenvalue weighted by atomic mass is 35.5. The zero-order valence-electron chi connectivity index (χ0n) is 12.0. The fourth-order valence-corrected chi connectivity index (χ4v) is 2.56. The van der Waals surface area contributed by atoms with E-state index in [0.29, 0.717) is 12.0 Å². The Balaban J connectivity index is 1.94. The van der Waals surface area contributed by atoms with Crippen LogP contribution in [0.15, 0.2) is 48.5 Å². The number of aryl methyl sites for hydroxylation is 2. The molecule has 1 atom stereocenters. The molecule has 3 nitrogen and oxygen atoms in total. The lowest BCUT2D eigenvalue weighted by atomic mass is 10.0. The van der Waals surface area contributed by atoms with E-state index in [0.717, 1.165) is 12.8 Å². The average molecular weight is 304 g/mol. The zero-order valence-corrected chi connectivity index (χ0v) is 12.7. The van der Waals surface area contributed by atoms with Crippen LogP contribution in [0.2, 0.25) is 0 Å². The number of benzene rings is 2. The maximum atomic E-state index is 11.0. The van der Waals surface area contributed by atoms with Crippen LogP contribution >= 0.6 is 11.6 Å². The number of nitro benzene ring substituents is 1. The monoisotopic (exact) mass is 303 g/mol. The number of nitro groups is 1. The second-order valence-electron chi connectivity index (χ2n) is 5.21. The van der Waals surface area contributed by atoms with Crippen molar-refractivity contribution >= 4 is 17.3 Å². The Bertz CT molecular complexity index is 610. The van der Waals surface area contributed by atoms with Crippen LogP contribution in [0.1, 0.15) is 23.1 Å². The van der Waals surface area contributed by atoms with E-state index in [2.05, 4.69) is 31.2 Å². The highest BCUT2D eigenvalue weighted by Gasteiger charge is 2.15. The van der Waals surface area contributed by atoms with Crippen LogP contribution in [0.3, 0.4) is 0 Å². The predicted octanol–water partition coefficient (Wildman–Crippen LogP) is 4.69. The summed E-state index contributed by atoms with van der Waals surface area (Å²) in [6.45, 7) is 2.06. The van der Waals surface area contributed by atoms with Gasteiger partial charge in [0.2, 0.25) is 0 Å². The lowest BCUT2D eigenvalue weighted by molar-refractivity contribution is -0.385. The van der Waals surface area contributed by atoms with E-state index in [1.807, 2.05) is 6.07 Å². The van der Waals surface area contributed by atoms with E-state index in [4.69, 9.17) is 11.6 Å². The van der Waals surface area contributed by atoms with Gasteiger partial charge in [-0.3, -0.25) is 10.1 Å². The van der Waals surface area contributed by atoms with Gasteiger partial charge in [0.1, 0.15) is 0 Å². The van der Waals surface area contributed by atoms with Gasteiger partial charge < -0.3 is 0 Å². The predicted molar refractivity (Wildman–Crippen MR) is 85.9 cm³/mol. The Morgan fingerprint density at radius 2 is 1.81 bits per heavy atom. The molecule has 0 aromatic heterocycles. The minimum Gasteiger partial charge on any atom is -0.258 e. The number of alkyl halides is 1. The molecule has 21 heavy (non-hydrogen) atoms. The molecule has 0 saturated carbocycles. The number of nitrogens with zero attached hydrogens (tertiary/aromatic N) is 1. The maximum absolute atomic E-state index is 11.0. The van der Waals surface area contributed by atoms with Crippen LogP contribution in [0.25, 0.3) is 0 Å². The summed E-state index contributed by atoms with van der Waals surface area (Å²) < 4.78 is 0. The molecule has 0 saturated heterocycles. The van der Waals surface area contributed by atoms with Crippen molar-refractivity contribution in [2.24, 2.45) is 0 Å². The van der Waals surface area contributed by atoms with Crippen LogP contribution in [0.5, 0.6) is 0 Å². The standard InChI is InChI=1S/C17H18ClNO2/c1-13-6-8-14(9-7-13)10-11-16(18)12-15-4-2-3-5-17(15)19(20)21/h2-9,16H,10-12H2,1H3. The summed E-state index contributed by atoms with van der Waals surface area (Å²) in [5.41, 5.74) is 3.33. The third-order valence-corrected chi connectivity index (χ3v) is 3.87. The van der Waals surface area contributed by atoms with Crippen LogP contribution in [-0.2, 0) is 12.8 Å². The molecule has 110 valence electrons. The summed E-state index contributed by atoms with van der Waals surface area (Å²) >= 11 is 6.35. The van der Waals surface area contributed by atoms with Gasteiger partial charge in [-0.05, 0) is 31.7 Å². The Morgan fingerprint density at radius 1 is 1.14 bits per heavy atom. The van der Waals surface area contributed by atoms with Crippen LogP contribution in [0.4, 0.5) is 5.69 Å². The fraction of sp³-hybridized carbons (Fsp3) is 0.294. The first-order valence-corrected chi connectivity index (χ1v) is 7.42. The Morgan fingerprint density at radius 3 is 2.48 bits per heavy atom. The van der Waals surface area contributed by atoms with Crippen molar-refractivity contribution in [1.29, 1.82) is 0 Å². The van der Waals surface area contributed by atoms with E-state index in [1.165, 1.54) is 17.2 Å². The summed E-state index contributed by atoms with van der Waals surface area (Å²) in [6.07, 6.45) is 2.20. The molecule has 0 radical (unpaired) electrons. The van der Waals surface area contributed by atoms with Crippen molar-refractivity contribution in [3.05, 3.63) is 75.3 Å². The molecule has 0 spiro atoms. The molecule has 0 N–H and O–H groups in total. The van der Waals surface area contributed by atoms with Crippen molar-refractivity contribution in [3.63, 3.8) is 0 Å². The number of hydrogen-bond acceptors (Lipinski definition) is 2. The molecule has 2 aromatic rings. The summed E-state index contributed by atoms with van der Waals surface area (Å²) in [7, 11) is 0. The van der Waals surface area contributed by atoms with Crippen molar-refractivity contribution in [3.8, 4) is 0 Å². The van der Waals surface area contributed by atoms with E-state index < -0.39 is 0 Å². The molecule has 0 fully saturated rings. The topological polar surface area (TPSA) is 43.1 Å². The molecule has 1 unspecified atom stereocenters. The van der Waals surface area contributed by atoms with Gasteiger partial charge in [-0.2, -0.15) is 0 Å². The molecule has 0 aliphatic rings. The lowest BCUT2D eigenvalue weighted by Crippen LogP contribution is -2.07. The minimum atomic E-state index is -0.348. The first-order valence-electron chi connectivity index (χ1n) is 6.98. The van der Waals surface area contributed by atoms with E-state index in [1.54, 1.807) is 12.1 Å². The normalized spacial score (nSPS) is 12.1. The first kappa shape index (κ1) is 15.5. The Hall–Kier alpha value is -1.87. The molecular weight excluding hydrogens is 286 g/mol. The molecule has 0 aliphatic carbocycles. The third-order valence-electron chi connectivity index (χ3n) is 3.50. The van der Waals surface area contributed by atoms with Crippen molar-refractivity contribution < 1.29 is 4.92 Å². The molecule has 0 aliphatic heterocycles. The second kappa shape index (κ2) is 7.23. The van der Waals surface area contributed by atoms with Crippen LogP contribution in [0, 0.1) is 17.0 Å². The molecular formula is C17H18ClNO2. The van der Waals surface area contributed by atoms with Gasteiger partial charge in [-0.1, -0.05) is 48.0 Å². The molecule has 2 aromatic carbocycles. The molecule has 2 rings (SSSR count). The number of rotatable bonds is 6. The minimum absolute atomic E-state index is 0.104. The van der Waals surface area contributed by atoms with Gasteiger partial charge in [0.05, 0.1) is 4.92 Å². The summed E-state index contributed by atoms with van der Waals surface area (Å²) in [4.78, 5) is 10.6. The zero-order chi connectivity index (χ0) is 15.2. The van der Waals surface area contributed by atoms with Gasteiger partial charge in [0, 0.05) is 17.0 Å². The third kappa shape index (κ3) is 4.57. The smallest absolute Gasteiger partial charge is 0.258 e. The van der Waals surface area contributed by atoms with E-state index in [9.17, 15) is 10.1 Å². The molecule has 0 bridgehead atoms. The highest BCUT2D eigenvalue weighted by molar-refractivity contribution is 6.20. The average Bonchev–Trinajstić information content (AvgIpc) is 2.47. The van der Waals surface area contributed by atoms with Crippen molar-refractivity contribution in [1.82, 2.24) is 0 Å². The van der Waals surface area contributed by atoms with Gasteiger partial charge >= 0.3 is 0 Å². The van der Waals surface area contributed by atoms with Crippen LogP contribution < -0.4 is 0 Å². The highest BCUT2D eigenvalue weighted by Crippen LogP contribution is 2.22. The van der Waals surface area contributed by atoms with E-state index >= 15 is 0 Å². The first-order chi connectivity index (χ1) is 10.1. The molecule has 0 heterocycles. The largest absolute Gasteiger partial charge is 0.272 e. The van der Waals surface area contributed by atoms with E-state index in [-0.39, 0.29) is 16.0 Å². The number of halogens is 1. The second-order valence-corrected chi connectivity index (χ2v) is 5.83. The van der Waals surface area contributed by atoms with Gasteiger partial charge in [0.15, 0.2) is 0 Å². The lowest BCUT2D eigenvalue weighted by Gasteiger charge is -2.10. The number of hydrogen-bond donors (Lipinski definition) is 0. The Labute approximate surface area is 129 Å². The quantitative estimate of drug-likeness (QED) is 0.441. The maximum Gasteiger partial charge on any atom is 0.272 e. The Kier molecular flexibility index (Phi) is 5.34. The summed E-state index contributed by atoms with van der Waals surface area (Å²) in [5, 5.41) is 10.9. The fourth-order valence-electron chi connectivity index (χ4n) is 2.28. The van der Waals surface area contributed by atoms with Crippen molar-refractivity contribution in [2.75, 3.05) is 0 Å². The van der Waals surface area contributed by atoms with Gasteiger partial charge in [-0.15, -0.1) is 11.6 Å². The SMILES string of the molecule is Cc1ccc(CCC(Cl)Cc2ccccc2[N+](=O)[O-])cc1. The van der Waals surface area contributed by atoms with Crippen LogP contribution in [-0.4, -0.2) is 10.3 Å².